The van der Waals surface area contributed by atoms with Gasteiger partial charge in [0, 0.05) is 10.9 Å². The van der Waals surface area contributed by atoms with Crippen molar-refractivity contribution in [2.24, 2.45) is 0 Å². The minimum atomic E-state index is -0.250. The van der Waals surface area contributed by atoms with E-state index in [1.807, 2.05) is 0 Å². The Bertz CT molecular complexity index is 289. The van der Waals surface area contributed by atoms with E-state index in [1.165, 1.54) is 0 Å². The molecular weight excluding hydrogens is 247 g/mol. The highest BCUT2D eigenvalue weighted by molar-refractivity contribution is 9.08. The van der Waals surface area contributed by atoms with Gasteiger partial charge in [0.1, 0.15) is 0 Å². The largest absolute Gasteiger partial charge is 0.491 e. The lowest BCUT2D eigenvalue weighted by Gasteiger charge is -2.08. The minimum absolute atomic E-state index is 0.250. The van der Waals surface area contributed by atoms with Gasteiger partial charge in [-0.2, -0.15) is 0 Å². The van der Waals surface area contributed by atoms with Gasteiger partial charge in [-0.1, -0.05) is 41.4 Å². The maximum absolute atomic E-state index is 13.5. The molecule has 14 heavy (non-hydrogen) atoms. The summed E-state index contributed by atoms with van der Waals surface area (Å²) < 4.78 is 18.9. The topological polar surface area (TPSA) is 9.23 Å². The van der Waals surface area contributed by atoms with E-state index < -0.39 is 0 Å². The summed E-state index contributed by atoms with van der Waals surface area (Å²) in [4.78, 5) is 0. The Labute approximate surface area is 92.4 Å². The molecule has 0 heterocycles. The summed E-state index contributed by atoms with van der Waals surface area (Å²) >= 11 is 3.23. The fourth-order valence-electron chi connectivity index (χ4n) is 1.10. The molecule has 1 aromatic rings. The summed E-state index contributed by atoms with van der Waals surface area (Å²) in [5.41, 5.74) is 0.638. The first-order valence-corrected chi connectivity index (χ1v) is 5.88. The first-order chi connectivity index (χ1) is 6.79. The van der Waals surface area contributed by atoms with E-state index in [-0.39, 0.29) is 5.82 Å². The summed E-state index contributed by atoms with van der Waals surface area (Å²) in [6.07, 6.45) is 2.01. The molecular formula is C11H14BrFO. The Hall–Kier alpha value is -0.570. The third kappa shape index (κ3) is 2.98. The number of halogens is 2. The first-order valence-electron chi connectivity index (χ1n) is 4.75. The number of hydrogen-bond acceptors (Lipinski definition) is 1. The molecule has 0 unspecified atom stereocenters. The van der Waals surface area contributed by atoms with E-state index >= 15 is 0 Å². The molecule has 0 spiro atoms. The van der Waals surface area contributed by atoms with Crippen molar-refractivity contribution in [2.75, 3.05) is 6.61 Å². The molecule has 0 aliphatic heterocycles. The number of alkyl halides is 1. The average Bonchev–Trinajstić information content (AvgIpc) is 2.21. The fourth-order valence-corrected chi connectivity index (χ4v) is 1.53. The molecule has 0 amide bonds. The molecule has 0 fully saturated rings. The van der Waals surface area contributed by atoms with Gasteiger partial charge in [-0.25, -0.2) is 4.39 Å². The second-order valence-electron chi connectivity index (χ2n) is 3.06. The van der Waals surface area contributed by atoms with Gasteiger partial charge in [0.25, 0.3) is 0 Å². The van der Waals surface area contributed by atoms with E-state index in [2.05, 4.69) is 22.9 Å². The van der Waals surface area contributed by atoms with Crippen LogP contribution in [0.4, 0.5) is 4.39 Å². The summed E-state index contributed by atoms with van der Waals surface area (Å²) in [6, 6.07) is 5.22. The predicted octanol–water partition coefficient (Wildman–Crippen LogP) is 3.90. The van der Waals surface area contributed by atoms with E-state index in [4.69, 9.17) is 4.74 Å². The van der Waals surface area contributed by atoms with Crippen LogP contribution < -0.4 is 4.74 Å². The smallest absolute Gasteiger partial charge is 0.169 e. The van der Waals surface area contributed by atoms with Crippen LogP contribution in [0, 0.1) is 5.82 Å². The molecule has 0 aliphatic rings. The second-order valence-corrected chi connectivity index (χ2v) is 3.63. The van der Waals surface area contributed by atoms with Crippen LogP contribution in [-0.2, 0) is 5.33 Å². The molecule has 78 valence electrons. The van der Waals surface area contributed by atoms with E-state index in [1.54, 1.807) is 18.2 Å². The molecule has 0 saturated carbocycles. The Morgan fingerprint density at radius 3 is 2.86 bits per heavy atom. The molecule has 0 bridgehead atoms. The Morgan fingerprint density at radius 2 is 2.21 bits per heavy atom. The molecule has 0 aromatic heterocycles. The van der Waals surface area contributed by atoms with Gasteiger partial charge in [-0.3, -0.25) is 0 Å². The highest BCUT2D eigenvalue weighted by Gasteiger charge is 2.07. The molecule has 0 N–H and O–H groups in total. The summed E-state index contributed by atoms with van der Waals surface area (Å²) in [5, 5.41) is 0.518. The van der Waals surface area contributed by atoms with Gasteiger partial charge in [0.05, 0.1) is 6.61 Å². The van der Waals surface area contributed by atoms with Crippen LogP contribution in [0.2, 0.25) is 0 Å². The van der Waals surface area contributed by atoms with E-state index in [0.29, 0.717) is 23.2 Å². The van der Waals surface area contributed by atoms with Gasteiger partial charge in [0.15, 0.2) is 11.6 Å². The van der Waals surface area contributed by atoms with Gasteiger partial charge < -0.3 is 4.74 Å². The van der Waals surface area contributed by atoms with Gasteiger partial charge in [-0.05, 0) is 12.5 Å². The Morgan fingerprint density at radius 1 is 1.43 bits per heavy atom. The SMILES string of the molecule is CCCCOc1cccc(CBr)c1F. The maximum Gasteiger partial charge on any atom is 0.169 e. The summed E-state index contributed by atoms with van der Waals surface area (Å²) in [5.74, 6) is 0.107. The van der Waals surface area contributed by atoms with Gasteiger partial charge in [0.2, 0.25) is 0 Å². The third-order valence-electron chi connectivity index (χ3n) is 1.94. The fraction of sp³-hybridized carbons (Fsp3) is 0.455. The van der Waals surface area contributed by atoms with Crippen LogP contribution in [0.3, 0.4) is 0 Å². The van der Waals surface area contributed by atoms with Crippen LogP contribution >= 0.6 is 15.9 Å². The van der Waals surface area contributed by atoms with Gasteiger partial charge in [-0.15, -0.1) is 0 Å². The highest BCUT2D eigenvalue weighted by Crippen LogP contribution is 2.22. The maximum atomic E-state index is 13.5. The van der Waals surface area contributed by atoms with Crippen LogP contribution in [0.25, 0.3) is 0 Å². The predicted molar refractivity (Wildman–Crippen MR) is 59.4 cm³/mol. The van der Waals surface area contributed by atoms with Crippen LogP contribution in [0.1, 0.15) is 25.3 Å². The van der Waals surface area contributed by atoms with Crippen LogP contribution in [-0.4, -0.2) is 6.61 Å². The lowest BCUT2D eigenvalue weighted by molar-refractivity contribution is 0.293. The molecule has 0 radical (unpaired) electrons. The third-order valence-corrected chi connectivity index (χ3v) is 2.55. The average molecular weight is 261 g/mol. The van der Waals surface area contributed by atoms with Crippen molar-refractivity contribution in [2.45, 2.75) is 25.1 Å². The number of benzene rings is 1. The van der Waals surface area contributed by atoms with E-state index in [0.717, 1.165) is 12.8 Å². The van der Waals surface area contributed by atoms with Crippen molar-refractivity contribution in [3.05, 3.63) is 29.6 Å². The van der Waals surface area contributed by atoms with Crippen molar-refractivity contribution in [3.63, 3.8) is 0 Å². The molecule has 0 saturated heterocycles. The first kappa shape index (κ1) is 11.5. The lowest BCUT2D eigenvalue weighted by atomic mass is 10.2. The van der Waals surface area contributed by atoms with Crippen LogP contribution in [0.15, 0.2) is 18.2 Å². The molecule has 3 heteroatoms. The molecule has 1 nitrogen and oxygen atoms in total. The Kier molecular flexibility index (Phi) is 4.94. The zero-order valence-electron chi connectivity index (χ0n) is 8.22. The number of hydrogen-bond donors (Lipinski definition) is 0. The summed E-state index contributed by atoms with van der Waals surface area (Å²) in [6.45, 7) is 2.66. The molecule has 0 aliphatic carbocycles. The highest BCUT2D eigenvalue weighted by atomic mass is 79.9. The van der Waals surface area contributed by atoms with Crippen LogP contribution in [0.5, 0.6) is 5.75 Å². The molecule has 1 aromatic carbocycles. The quantitative estimate of drug-likeness (QED) is 0.577. The zero-order valence-corrected chi connectivity index (χ0v) is 9.81. The number of ether oxygens (including phenoxy) is 1. The monoisotopic (exact) mass is 260 g/mol. The number of rotatable bonds is 5. The standard InChI is InChI=1S/C11H14BrFO/c1-2-3-7-14-10-6-4-5-9(8-12)11(10)13/h4-6H,2-3,7-8H2,1H3. The molecule has 1 rings (SSSR count). The number of unbranched alkanes of at least 4 members (excludes halogenated alkanes) is 1. The lowest BCUT2D eigenvalue weighted by Crippen LogP contribution is -2.00. The van der Waals surface area contributed by atoms with Crippen molar-refractivity contribution >= 4 is 15.9 Å². The van der Waals surface area contributed by atoms with Crippen molar-refractivity contribution < 1.29 is 9.13 Å². The van der Waals surface area contributed by atoms with Crippen molar-refractivity contribution in [3.8, 4) is 5.75 Å². The second kappa shape index (κ2) is 6.02. The van der Waals surface area contributed by atoms with E-state index in [9.17, 15) is 4.39 Å². The normalized spacial score (nSPS) is 10.2. The minimum Gasteiger partial charge on any atom is -0.491 e. The summed E-state index contributed by atoms with van der Waals surface area (Å²) in [7, 11) is 0. The zero-order chi connectivity index (χ0) is 10.4. The Balaban J connectivity index is 2.66. The van der Waals surface area contributed by atoms with Gasteiger partial charge >= 0.3 is 0 Å². The van der Waals surface area contributed by atoms with Crippen molar-refractivity contribution in [1.29, 1.82) is 0 Å². The van der Waals surface area contributed by atoms with Crippen molar-refractivity contribution in [1.82, 2.24) is 0 Å². The molecule has 0 atom stereocenters.